The Bertz CT molecular complexity index is 546. The second-order valence-electron chi connectivity index (χ2n) is 7.97. The van der Waals surface area contributed by atoms with Crippen molar-refractivity contribution in [2.75, 3.05) is 6.54 Å². The minimum Gasteiger partial charge on any atom is -0.409 e. The summed E-state index contributed by atoms with van der Waals surface area (Å²) >= 11 is 13.1. The van der Waals surface area contributed by atoms with Crippen LogP contribution in [0.4, 0.5) is 0 Å². The standard InChI is InChI=1S/C20H33Cl2NOSi/c1-6-25(7-2,8-3)24-17(14-23-18-12-13-20(18,4)5)19-15(21)10-9-11-16(19)22/h9-11,17-18,23H,6-8,12-14H2,1-5H3. The maximum absolute atomic E-state index is 6.83. The van der Waals surface area contributed by atoms with Crippen molar-refractivity contribution in [1.29, 1.82) is 0 Å². The maximum atomic E-state index is 6.83. The van der Waals surface area contributed by atoms with Crippen molar-refractivity contribution in [2.24, 2.45) is 5.41 Å². The second-order valence-corrected chi connectivity index (χ2v) is 13.5. The summed E-state index contributed by atoms with van der Waals surface area (Å²) in [5.41, 5.74) is 1.31. The molecule has 0 amide bonds. The fourth-order valence-electron chi connectivity index (χ4n) is 3.82. The Morgan fingerprint density at radius 2 is 1.72 bits per heavy atom. The van der Waals surface area contributed by atoms with Gasteiger partial charge in [-0.1, -0.05) is 63.9 Å². The van der Waals surface area contributed by atoms with E-state index in [-0.39, 0.29) is 6.10 Å². The first kappa shape index (κ1) is 21.2. The van der Waals surface area contributed by atoms with Crippen molar-refractivity contribution >= 4 is 31.5 Å². The van der Waals surface area contributed by atoms with Crippen LogP contribution in [0.15, 0.2) is 18.2 Å². The molecule has 1 aliphatic rings. The van der Waals surface area contributed by atoms with Gasteiger partial charge in [0.2, 0.25) is 0 Å². The van der Waals surface area contributed by atoms with Gasteiger partial charge in [-0.05, 0) is 48.5 Å². The average molecular weight is 402 g/mol. The Labute approximate surface area is 164 Å². The zero-order valence-corrected chi connectivity index (χ0v) is 18.8. The van der Waals surface area contributed by atoms with E-state index in [1.807, 2.05) is 18.2 Å². The Kier molecular flexibility index (Phi) is 7.43. The minimum absolute atomic E-state index is 0.0795. The van der Waals surface area contributed by atoms with Crippen molar-refractivity contribution in [2.45, 2.75) is 77.7 Å². The summed E-state index contributed by atoms with van der Waals surface area (Å²) in [5, 5.41) is 5.15. The zero-order valence-electron chi connectivity index (χ0n) is 16.3. The third-order valence-electron chi connectivity index (χ3n) is 6.22. The quantitative estimate of drug-likeness (QED) is 0.457. The van der Waals surface area contributed by atoms with Gasteiger partial charge in [-0.25, -0.2) is 0 Å². The highest BCUT2D eigenvalue weighted by molar-refractivity contribution is 6.73. The van der Waals surface area contributed by atoms with Gasteiger partial charge >= 0.3 is 0 Å². The van der Waals surface area contributed by atoms with Crippen LogP contribution < -0.4 is 5.32 Å². The van der Waals surface area contributed by atoms with Crippen molar-refractivity contribution in [3.05, 3.63) is 33.8 Å². The predicted molar refractivity (Wildman–Crippen MR) is 112 cm³/mol. The number of benzene rings is 1. The molecule has 0 saturated heterocycles. The first-order valence-electron chi connectivity index (χ1n) is 9.63. The summed E-state index contributed by atoms with van der Waals surface area (Å²) in [5.74, 6) is 0. The van der Waals surface area contributed by atoms with Crippen molar-refractivity contribution < 1.29 is 4.43 Å². The predicted octanol–water partition coefficient (Wildman–Crippen LogP) is 6.83. The molecule has 2 nitrogen and oxygen atoms in total. The number of rotatable bonds is 9. The van der Waals surface area contributed by atoms with E-state index in [1.165, 1.54) is 12.8 Å². The van der Waals surface area contributed by atoms with Crippen LogP contribution in [0.2, 0.25) is 28.2 Å². The number of halogens is 2. The van der Waals surface area contributed by atoms with Crippen molar-refractivity contribution in [3.63, 3.8) is 0 Å². The van der Waals surface area contributed by atoms with Crippen LogP contribution in [0.25, 0.3) is 0 Å². The van der Waals surface area contributed by atoms with Crippen LogP contribution in [-0.2, 0) is 4.43 Å². The molecule has 0 radical (unpaired) electrons. The Hall–Kier alpha value is -0.0631. The molecule has 1 aliphatic carbocycles. The lowest BCUT2D eigenvalue weighted by molar-refractivity contribution is 0.0901. The van der Waals surface area contributed by atoms with Crippen LogP contribution in [-0.4, -0.2) is 20.9 Å². The van der Waals surface area contributed by atoms with Gasteiger partial charge in [-0.3, -0.25) is 0 Å². The van der Waals surface area contributed by atoms with Crippen molar-refractivity contribution in [3.8, 4) is 0 Å². The molecule has 25 heavy (non-hydrogen) atoms. The smallest absolute Gasteiger partial charge is 0.192 e. The first-order valence-corrected chi connectivity index (χ1v) is 12.9. The van der Waals surface area contributed by atoms with Gasteiger partial charge in [0.05, 0.1) is 6.10 Å². The SMILES string of the molecule is CC[Si](CC)(CC)OC(CNC1CCC1(C)C)c1c(Cl)cccc1Cl. The molecule has 0 bridgehead atoms. The fraction of sp³-hybridized carbons (Fsp3) is 0.700. The zero-order chi connectivity index (χ0) is 18.7. The van der Waals surface area contributed by atoms with E-state index in [0.29, 0.717) is 21.5 Å². The maximum Gasteiger partial charge on any atom is 0.192 e. The van der Waals surface area contributed by atoms with E-state index in [9.17, 15) is 0 Å². The molecule has 2 atom stereocenters. The second kappa shape index (κ2) is 8.75. The Morgan fingerprint density at radius 1 is 1.16 bits per heavy atom. The lowest BCUT2D eigenvalue weighted by Crippen LogP contribution is -2.51. The summed E-state index contributed by atoms with van der Waals surface area (Å²) in [4.78, 5) is 0. The lowest BCUT2D eigenvalue weighted by atomic mass is 9.67. The molecule has 0 aliphatic heterocycles. The topological polar surface area (TPSA) is 21.3 Å². The molecule has 0 spiro atoms. The summed E-state index contributed by atoms with van der Waals surface area (Å²) in [7, 11) is -1.77. The van der Waals surface area contributed by atoms with E-state index in [0.717, 1.165) is 30.2 Å². The van der Waals surface area contributed by atoms with Gasteiger partial charge in [0, 0.05) is 28.2 Å². The van der Waals surface area contributed by atoms with Crippen molar-refractivity contribution in [1.82, 2.24) is 5.32 Å². The number of nitrogens with one attached hydrogen (secondary N) is 1. The van der Waals surface area contributed by atoms with Crippen LogP contribution in [0, 0.1) is 5.41 Å². The summed E-state index contributed by atoms with van der Waals surface area (Å²) < 4.78 is 6.83. The molecular weight excluding hydrogens is 369 g/mol. The van der Waals surface area contributed by atoms with Crippen LogP contribution in [0.3, 0.4) is 0 Å². The van der Waals surface area contributed by atoms with Crippen LogP contribution in [0.1, 0.15) is 59.1 Å². The highest BCUT2D eigenvalue weighted by Crippen LogP contribution is 2.41. The van der Waals surface area contributed by atoms with Crippen LogP contribution in [0.5, 0.6) is 0 Å². The largest absolute Gasteiger partial charge is 0.409 e. The summed E-state index contributed by atoms with van der Waals surface area (Å²) in [6.07, 6.45) is 2.43. The molecule has 5 heteroatoms. The van der Waals surface area contributed by atoms with Gasteiger partial charge in [0.15, 0.2) is 8.32 Å². The molecule has 1 aromatic rings. The fourth-order valence-corrected chi connectivity index (χ4v) is 7.26. The van der Waals surface area contributed by atoms with Gasteiger partial charge in [-0.15, -0.1) is 0 Å². The summed E-state index contributed by atoms with van der Waals surface area (Å²) in [6, 6.07) is 9.63. The van der Waals surface area contributed by atoms with E-state index < -0.39 is 8.32 Å². The minimum atomic E-state index is -1.77. The highest BCUT2D eigenvalue weighted by Gasteiger charge is 2.39. The van der Waals surface area contributed by atoms with E-state index in [4.69, 9.17) is 27.6 Å². The molecule has 0 heterocycles. The molecule has 142 valence electrons. The molecule has 2 unspecified atom stereocenters. The molecular formula is C20H33Cl2NOSi. The van der Waals surface area contributed by atoms with Gasteiger partial charge in [-0.2, -0.15) is 0 Å². The molecule has 0 aromatic heterocycles. The number of hydrogen-bond acceptors (Lipinski definition) is 2. The van der Waals surface area contributed by atoms with E-state index in [2.05, 4.69) is 39.9 Å². The van der Waals surface area contributed by atoms with Gasteiger partial charge < -0.3 is 9.74 Å². The molecule has 1 fully saturated rings. The molecule has 1 N–H and O–H groups in total. The van der Waals surface area contributed by atoms with E-state index >= 15 is 0 Å². The molecule has 1 aromatic carbocycles. The van der Waals surface area contributed by atoms with Gasteiger partial charge in [0.25, 0.3) is 0 Å². The molecule has 2 rings (SSSR count). The highest BCUT2D eigenvalue weighted by atomic mass is 35.5. The lowest BCUT2D eigenvalue weighted by Gasteiger charge is -2.46. The monoisotopic (exact) mass is 401 g/mol. The van der Waals surface area contributed by atoms with Crippen LogP contribution >= 0.6 is 23.2 Å². The Morgan fingerprint density at radius 3 is 2.12 bits per heavy atom. The third kappa shape index (κ3) is 4.81. The Balaban J connectivity index is 2.25. The summed E-state index contributed by atoms with van der Waals surface area (Å²) in [6.45, 7) is 12.2. The normalized spacial score (nSPS) is 21.0. The first-order chi connectivity index (χ1) is 11.8. The number of hydrogen-bond donors (Lipinski definition) is 1. The third-order valence-corrected chi connectivity index (χ3v) is 11.5. The average Bonchev–Trinajstić information content (AvgIpc) is 2.58. The molecule has 1 saturated carbocycles. The van der Waals surface area contributed by atoms with Gasteiger partial charge in [0.1, 0.15) is 0 Å². The van der Waals surface area contributed by atoms with E-state index in [1.54, 1.807) is 0 Å².